The van der Waals surface area contributed by atoms with Crippen LogP contribution in [-0.2, 0) is 4.74 Å². The molecule has 0 radical (unpaired) electrons. The number of benzene rings is 1. The third-order valence-electron chi connectivity index (χ3n) is 2.98. The van der Waals surface area contributed by atoms with Gasteiger partial charge in [0.2, 0.25) is 0 Å². The molecule has 0 N–H and O–H groups in total. The zero-order valence-electron chi connectivity index (χ0n) is 11.8. The summed E-state index contributed by atoms with van der Waals surface area (Å²) in [5.74, 6) is -0.280. The normalized spacial score (nSPS) is 10.8. The highest BCUT2D eigenvalue weighted by atomic mass is 16.5. The molecule has 1 aromatic heterocycles. The Labute approximate surface area is 113 Å². The maximum atomic E-state index is 12.2. The van der Waals surface area contributed by atoms with Gasteiger partial charge in [0, 0.05) is 11.4 Å². The Morgan fingerprint density at radius 1 is 1.05 bits per heavy atom. The van der Waals surface area contributed by atoms with Crippen molar-refractivity contribution in [2.45, 2.75) is 33.8 Å². The molecular weight excluding hydrogens is 238 g/mol. The first-order chi connectivity index (χ1) is 9.00. The summed E-state index contributed by atoms with van der Waals surface area (Å²) >= 11 is 0. The smallest absolute Gasteiger partial charge is 0.340 e. The van der Waals surface area contributed by atoms with Gasteiger partial charge in [0.1, 0.15) is 0 Å². The number of esters is 1. The van der Waals surface area contributed by atoms with Gasteiger partial charge in [0.25, 0.3) is 0 Å². The van der Waals surface area contributed by atoms with Crippen molar-refractivity contribution in [1.29, 1.82) is 0 Å². The molecule has 3 heteroatoms. The van der Waals surface area contributed by atoms with E-state index in [0.717, 1.165) is 17.1 Å². The molecule has 1 aromatic carbocycles. The lowest BCUT2D eigenvalue weighted by atomic mass is 10.1. The van der Waals surface area contributed by atoms with Crippen molar-refractivity contribution in [2.75, 3.05) is 0 Å². The number of nitrogens with zero attached hydrogens (tertiary/aromatic N) is 1. The van der Waals surface area contributed by atoms with E-state index in [2.05, 4.69) is 4.57 Å². The first-order valence-electron chi connectivity index (χ1n) is 6.46. The molecule has 0 aliphatic heterocycles. The van der Waals surface area contributed by atoms with Crippen molar-refractivity contribution in [1.82, 2.24) is 4.57 Å². The Balaban J connectivity index is 2.51. The van der Waals surface area contributed by atoms with Crippen molar-refractivity contribution in [3.63, 3.8) is 0 Å². The molecule has 19 heavy (non-hydrogen) atoms. The molecule has 0 spiro atoms. The van der Waals surface area contributed by atoms with Gasteiger partial charge in [-0.25, -0.2) is 4.79 Å². The van der Waals surface area contributed by atoms with Gasteiger partial charge < -0.3 is 9.30 Å². The quantitative estimate of drug-likeness (QED) is 0.786. The third kappa shape index (κ3) is 2.70. The molecule has 2 rings (SSSR count). The minimum absolute atomic E-state index is 0.118. The standard InChI is InChI=1S/C16H19NO2/c1-11(2)19-16(18)14-7-5-6-8-15(14)17-12(3)9-10-13(17)4/h5-11H,1-4H3. The first kappa shape index (κ1) is 13.4. The van der Waals surface area contributed by atoms with E-state index >= 15 is 0 Å². The van der Waals surface area contributed by atoms with Crippen LogP contribution in [0, 0.1) is 13.8 Å². The van der Waals surface area contributed by atoms with Crippen molar-refractivity contribution in [3.05, 3.63) is 53.3 Å². The van der Waals surface area contributed by atoms with Gasteiger partial charge in [-0.1, -0.05) is 12.1 Å². The lowest BCUT2D eigenvalue weighted by Crippen LogP contribution is -2.15. The summed E-state index contributed by atoms with van der Waals surface area (Å²) < 4.78 is 7.37. The van der Waals surface area contributed by atoms with Gasteiger partial charge in [0.05, 0.1) is 17.4 Å². The molecule has 0 bridgehead atoms. The van der Waals surface area contributed by atoms with Crippen LogP contribution in [-0.4, -0.2) is 16.6 Å². The first-order valence-corrected chi connectivity index (χ1v) is 6.46. The van der Waals surface area contributed by atoms with E-state index in [4.69, 9.17) is 4.74 Å². The van der Waals surface area contributed by atoms with Crippen LogP contribution in [0.3, 0.4) is 0 Å². The van der Waals surface area contributed by atoms with E-state index in [0.29, 0.717) is 5.56 Å². The summed E-state index contributed by atoms with van der Waals surface area (Å²) in [5.41, 5.74) is 3.66. The Morgan fingerprint density at radius 2 is 1.63 bits per heavy atom. The van der Waals surface area contributed by atoms with Crippen LogP contribution in [0.2, 0.25) is 0 Å². The van der Waals surface area contributed by atoms with Crippen LogP contribution in [0.5, 0.6) is 0 Å². The van der Waals surface area contributed by atoms with Crippen molar-refractivity contribution in [2.24, 2.45) is 0 Å². The van der Waals surface area contributed by atoms with E-state index in [-0.39, 0.29) is 12.1 Å². The van der Waals surface area contributed by atoms with E-state index in [9.17, 15) is 4.79 Å². The molecule has 100 valence electrons. The predicted octanol–water partition coefficient (Wildman–Crippen LogP) is 3.66. The Hall–Kier alpha value is -2.03. The highest BCUT2D eigenvalue weighted by Crippen LogP contribution is 2.21. The lowest BCUT2D eigenvalue weighted by Gasteiger charge is -2.15. The van der Waals surface area contributed by atoms with Crippen molar-refractivity contribution >= 4 is 5.97 Å². The fraction of sp³-hybridized carbons (Fsp3) is 0.312. The van der Waals surface area contributed by atoms with Gasteiger partial charge in [-0.15, -0.1) is 0 Å². The number of carbonyl (C=O) groups is 1. The maximum Gasteiger partial charge on any atom is 0.340 e. The zero-order chi connectivity index (χ0) is 14.0. The summed E-state index contributed by atoms with van der Waals surface area (Å²) in [6.45, 7) is 7.76. The van der Waals surface area contributed by atoms with Gasteiger partial charge in [-0.05, 0) is 52.0 Å². The number of rotatable bonds is 3. The summed E-state index contributed by atoms with van der Waals surface area (Å²) in [6.07, 6.45) is -0.118. The van der Waals surface area contributed by atoms with Gasteiger partial charge in [-0.3, -0.25) is 0 Å². The molecule has 0 fully saturated rings. The van der Waals surface area contributed by atoms with E-state index in [1.54, 1.807) is 6.07 Å². The molecule has 0 aliphatic rings. The van der Waals surface area contributed by atoms with Gasteiger partial charge >= 0.3 is 5.97 Å². The van der Waals surface area contributed by atoms with Crippen LogP contribution < -0.4 is 0 Å². The molecule has 1 heterocycles. The molecule has 0 atom stereocenters. The monoisotopic (exact) mass is 257 g/mol. The van der Waals surface area contributed by atoms with Crippen LogP contribution in [0.25, 0.3) is 5.69 Å². The molecule has 2 aromatic rings. The topological polar surface area (TPSA) is 31.2 Å². The zero-order valence-corrected chi connectivity index (χ0v) is 11.8. The molecule has 0 unspecified atom stereocenters. The van der Waals surface area contributed by atoms with Crippen molar-refractivity contribution in [3.8, 4) is 5.69 Å². The summed E-state index contributed by atoms with van der Waals surface area (Å²) in [6, 6.07) is 11.6. The number of para-hydroxylation sites is 1. The average Bonchev–Trinajstić information content (AvgIpc) is 2.68. The average molecular weight is 257 g/mol. The minimum Gasteiger partial charge on any atom is -0.459 e. The lowest BCUT2D eigenvalue weighted by molar-refractivity contribution is 0.0378. The Kier molecular flexibility index (Phi) is 3.74. The predicted molar refractivity (Wildman–Crippen MR) is 75.8 cm³/mol. The number of hydrogen-bond donors (Lipinski definition) is 0. The molecule has 0 aliphatic carbocycles. The third-order valence-corrected chi connectivity index (χ3v) is 2.98. The highest BCUT2D eigenvalue weighted by Gasteiger charge is 2.16. The molecular formula is C16H19NO2. The van der Waals surface area contributed by atoms with Gasteiger partial charge in [0.15, 0.2) is 0 Å². The fourth-order valence-corrected chi connectivity index (χ4v) is 2.17. The molecule has 3 nitrogen and oxygen atoms in total. The van der Waals surface area contributed by atoms with Crippen LogP contribution in [0.15, 0.2) is 36.4 Å². The number of aromatic nitrogens is 1. The van der Waals surface area contributed by atoms with Crippen LogP contribution in [0.4, 0.5) is 0 Å². The summed E-state index contributed by atoms with van der Waals surface area (Å²) in [5, 5.41) is 0. The second-order valence-electron chi connectivity index (χ2n) is 4.92. The molecule has 0 saturated heterocycles. The molecule has 0 amide bonds. The van der Waals surface area contributed by atoms with Crippen LogP contribution >= 0.6 is 0 Å². The Bertz CT molecular complexity index is 577. The van der Waals surface area contributed by atoms with E-state index in [1.165, 1.54) is 0 Å². The largest absolute Gasteiger partial charge is 0.459 e. The van der Waals surface area contributed by atoms with Crippen LogP contribution in [0.1, 0.15) is 35.6 Å². The number of carbonyl (C=O) groups excluding carboxylic acids is 1. The summed E-state index contributed by atoms with van der Waals surface area (Å²) in [4.78, 5) is 12.2. The Morgan fingerprint density at radius 3 is 2.21 bits per heavy atom. The van der Waals surface area contributed by atoms with E-state index < -0.39 is 0 Å². The minimum atomic E-state index is -0.280. The SMILES string of the molecule is Cc1ccc(C)n1-c1ccccc1C(=O)OC(C)C. The number of aryl methyl sites for hydroxylation is 2. The molecule has 0 saturated carbocycles. The fourth-order valence-electron chi connectivity index (χ4n) is 2.17. The van der Waals surface area contributed by atoms with Gasteiger partial charge in [-0.2, -0.15) is 0 Å². The van der Waals surface area contributed by atoms with E-state index in [1.807, 2.05) is 58.0 Å². The second kappa shape index (κ2) is 5.31. The summed E-state index contributed by atoms with van der Waals surface area (Å²) in [7, 11) is 0. The maximum absolute atomic E-state index is 12.2. The highest BCUT2D eigenvalue weighted by molar-refractivity contribution is 5.93. The number of hydrogen-bond acceptors (Lipinski definition) is 2. The second-order valence-corrected chi connectivity index (χ2v) is 4.92. The number of ether oxygens (including phenoxy) is 1. The van der Waals surface area contributed by atoms with Crippen molar-refractivity contribution < 1.29 is 9.53 Å².